The number of carbonyl (C=O) groups is 1. The number of nitrogens with one attached hydrogen (secondary N) is 1. The van der Waals surface area contributed by atoms with Gasteiger partial charge in [0.1, 0.15) is 11.4 Å². The molecule has 3 heterocycles. The second kappa shape index (κ2) is 7.52. The number of ether oxygens (including phenoxy) is 1. The summed E-state index contributed by atoms with van der Waals surface area (Å²) in [7, 11) is 1.58. The fourth-order valence-corrected chi connectivity index (χ4v) is 4.82. The van der Waals surface area contributed by atoms with E-state index in [-0.39, 0.29) is 22.6 Å². The van der Waals surface area contributed by atoms with Crippen LogP contribution in [-0.2, 0) is 12.8 Å². The van der Waals surface area contributed by atoms with Gasteiger partial charge < -0.3 is 15.2 Å². The first-order valence-corrected chi connectivity index (χ1v) is 11.0. The number of aromatic nitrogens is 6. The summed E-state index contributed by atoms with van der Waals surface area (Å²) >= 11 is 1.31. The minimum atomic E-state index is -0.449. The lowest BCUT2D eigenvalue weighted by Gasteiger charge is -2.10. The number of thiazole rings is 1. The van der Waals surface area contributed by atoms with Gasteiger partial charge in [-0.3, -0.25) is 14.7 Å². The van der Waals surface area contributed by atoms with Gasteiger partial charge in [-0.15, -0.1) is 4.85 Å². The minimum Gasteiger partial charge on any atom is -0.692 e. The number of hydrogen-bond donors (Lipinski definition) is 1. The third-order valence-corrected chi connectivity index (χ3v) is 6.51. The van der Waals surface area contributed by atoms with Crippen molar-refractivity contribution in [2.24, 2.45) is 0 Å². The highest BCUT2D eigenvalue weighted by atomic mass is 32.1. The average Bonchev–Trinajstić information content (AvgIpc) is 3.53. The highest BCUT2D eigenvalue weighted by molar-refractivity contribution is 7.22. The van der Waals surface area contributed by atoms with Crippen molar-refractivity contribution in [1.82, 2.24) is 20.0 Å². The zero-order valence-corrected chi connectivity index (χ0v) is 18.4. The van der Waals surface area contributed by atoms with E-state index in [9.17, 15) is 15.2 Å². The van der Waals surface area contributed by atoms with Gasteiger partial charge in [0.25, 0.3) is 5.91 Å². The number of para-hydroxylation sites is 1. The van der Waals surface area contributed by atoms with E-state index in [4.69, 9.17) is 4.74 Å². The fraction of sp³-hybridized carbons (Fsp3) is 0.143. The monoisotopic (exact) mass is 477 g/mol. The first kappa shape index (κ1) is 20.1. The number of hydrogen-bond acceptors (Lipinski definition) is 9. The number of amides is 1. The van der Waals surface area contributed by atoms with Crippen molar-refractivity contribution in [2.75, 3.05) is 12.4 Å². The number of anilines is 1. The van der Waals surface area contributed by atoms with Gasteiger partial charge in [0.05, 0.1) is 33.1 Å². The van der Waals surface area contributed by atoms with E-state index in [1.807, 2.05) is 12.1 Å². The first-order valence-electron chi connectivity index (χ1n) is 10.2. The molecule has 0 fully saturated rings. The van der Waals surface area contributed by atoms with Crippen LogP contribution in [0, 0.1) is 10.4 Å². The SMILES string of the molecule is COc1ccc2nc(NC(=O)c3ccccc3-n3nc4c([n+]3[O-])CCc3c-4no[n+]3[O-])sc2c1. The number of carbonyl (C=O) groups excluding carboxylic acids is 1. The Kier molecular flexibility index (Phi) is 4.45. The van der Waals surface area contributed by atoms with Crippen molar-refractivity contribution in [2.45, 2.75) is 12.8 Å². The topological polar surface area (TPSA) is 149 Å². The molecular weight excluding hydrogens is 462 g/mol. The molecule has 3 aromatic heterocycles. The highest BCUT2D eigenvalue weighted by Gasteiger charge is 2.39. The lowest BCUT2D eigenvalue weighted by Crippen LogP contribution is -2.42. The number of nitrogens with zero attached hydrogens (tertiary/aromatic N) is 6. The maximum Gasteiger partial charge on any atom is 0.303 e. The van der Waals surface area contributed by atoms with Crippen LogP contribution in [0.4, 0.5) is 5.13 Å². The lowest BCUT2D eigenvalue weighted by molar-refractivity contribution is -0.808. The summed E-state index contributed by atoms with van der Waals surface area (Å²) in [6.07, 6.45) is 0.590. The van der Waals surface area contributed by atoms with Gasteiger partial charge in [-0.25, -0.2) is 4.98 Å². The van der Waals surface area contributed by atoms with Crippen molar-refractivity contribution in [1.29, 1.82) is 0 Å². The van der Waals surface area contributed by atoms with Gasteiger partial charge in [0.15, 0.2) is 10.8 Å². The van der Waals surface area contributed by atoms with Crippen molar-refractivity contribution in [3.63, 3.8) is 0 Å². The summed E-state index contributed by atoms with van der Waals surface area (Å²) in [5.74, 6) is 0.245. The predicted molar refractivity (Wildman–Crippen MR) is 119 cm³/mol. The predicted octanol–water partition coefficient (Wildman–Crippen LogP) is 1.76. The maximum atomic E-state index is 13.2. The maximum absolute atomic E-state index is 13.2. The van der Waals surface area contributed by atoms with Crippen LogP contribution in [0.1, 0.15) is 21.7 Å². The first-order chi connectivity index (χ1) is 16.5. The molecule has 5 aromatic rings. The third kappa shape index (κ3) is 3.05. The van der Waals surface area contributed by atoms with Crippen molar-refractivity contribution in [3.8, 4) is 22.8 Å². The van der Waals surface area contributed by atoms with Crippen LogP contribution in [-0.4, -0.2) is 33.1 Å². The largest absolute Gasteiger partial charge is 0.692 e. The van der Waals surface area contributed by atoms with Crippen molar-refractivity contribution >= 4 is 32.6 Å². The number of rotatable bonds is 4. The molecule has 1 N–H and O–H groups in total. The Bertz CT molecular complexity index is 1590. The van der Waals surface area contributed by atoms with Gasteiger partial charge in [-0.2, -0.15) is 0 Å². The van der Waals surface area contributed by atoms with E-state index in [1.165, 1.54) is 11.3 Å². The van der Waals surface area contributed by atoms with Gasteiger partial charge in [0.2, 0.25) is 5.69 Å². The molecule has 0 spiro atoms. The summed E-state index contributed by atoms with van der Waals surface area (Å²) < 4.78 is 10.8. The van der Waals surface area contributed by atoms with Gasteiger partial charge in [-0.1, -0.05) is 23.5 Å². The smallest absolute Gasteiger partial charge is 0.303 e. The van der Waals surface area contributed by atoms with Crippen molar-refractivity contribution in [3.05, 3.63) is 69.8 Å². The molecule has 12 nitrogen and oxygen atoms in total. The molecule has 0 saturated heterocycles. The van der Waals surface area contributed by atoms with Gasteiger partial charge >= 0.3 is 11.4 Å². The molecular formula is C21H15N7O5S. The van der Waals surface area contributed by atoms with Crippen LogP contribution in [0.2, 0.25) is 0 Å². The van der Waals surface area contributed by atoms with Crippen molar-refractivity contribution < 1.29 is 23.9 Å². The van der Waals surface area contributed by atoms with E-state index in [1.54, 1.807) is 37.4 Å². The molecule has 0 bridgehead atoms. The average molecular weight is 477 g/mol. The molecule has 0 saturated carbocycles. The third-order valence-electron chi connectivity index (χ3n) is 5.57. The summed E-state index contributed by atoms with van der Waals surface area (Å²) in [5, 5.41) is 36.1. The molecule has 34 heavy (non-hydrogen) atoms. The molecule has 0 radical (unpaired) electrons. The minimum absolute atomic E-state index is 0.225. The molecule has 6 rings (SSSR count). The van der Waals surface area contributed by atoms with Crippen LogP contribution in [0.15, 0.2) is 47.1 Å². The molecule has 0 unspecified atom stereocenters. The van der Waals surface area contributed by atoms with Crippen LogP contribution >= 0.6 is 11.3 Å². The van der Waals surface area contributed by atoms with E-state index in [2.05, 4.69) is 25.2 Å². The summed E-state index contributed by atoms with van der Waals surface area (Å²) in [4.78, 5) is 19.6. The van der Waals surface area contributed by atoms with Gasteiger partial charge in [-0.05, 0) is 40.0 Å². The van der Waals surface area contributed by atoms with Crippen LogP contribution < -0.4 is 19.8 Å². The number of methoxy groups -OCH3 is 1. The summed E-state index contributed by atoms with van der Waals surface area (Å²) in [5.41, 5.74) is 2.37. The zero-order chi connectivity index (χ0) is 23.4. The highest BCUT2D eigenvalue weighted by Crippen LogP contribution is 2.30. The van der Waals surface area contributed by atoms with E-state index in [0.29, 0.717) is 44.9 Å². The number of benzene rings is 2. The molecule has 13 heteroatoms. The molecule has 1 aliphatic carbocycles. The lowest BCUT2D eigenvalue weighted by atomic mass is 10.0. The number of fused-ring (bicyclic) bond motifs is 4. The van der Waals surface area contributed by atoms with Crippen LogP contribution in [0.5, 0.6) is 5.75 Å². The fourth-order valence-electron chi connectivity index (χ4n) is 3.93. The van der Waals surface area contributed by atoms with Gasteiger partial charge in [0, 0.05) is 12.8 Å². The second-order valence-electron chi connectivity index (χ2n) is 7.51. The van der Waals surface area contributed by atoms with E-state index < -0.39 is 5.91 Å². The molecule has 0 aliphatic heterocycles. The quantitative estimate of drug-likeness (QED) is 0.304. The molecule has 1 aliphatic rings. The van der Waals surface area contributed by atoms with Crippen LogP contribution in [0.3, 0.4) is 0 Å². The Labute approximate surface area is 194 Å². The molecule has 1 amide bonds. The normalized spacial score (nSPS) is 12.4. The zero-order valence-electron chi connectivity index (χ0n) is 17.6. The van der Waals surface area contributed by atoms with E-state index in [0.717, 1.165) is 15.0 Å². The molecule has 2 aromatic carbocycles. The summed E-state index contributed by atoms with van der Waals surface area (Å²) in [6, 6.07) is 12.0. The standard InChI is InChI=1S/C21H15N7O5S/c1-32-11-6-7-13-17(10-11)34-21(22-13)23-20(29)12-4-2-3-5-14(12)26-24-18-15(27(26)30)8-9-16-19(18)25-33-28(16)31/h2-7,10H,8-9H2,1H3,(H,22,23,29). The molecule has 170 valence electrons. The van der Waals surface area contributed by atoms with Crippen LogP contribution in [0.25, 0.3) is 27.3 Å². The Hall–Kier alpha value is -4.52. The molecule has 0 atom stereocenters. The second-order valence-corrected chi connectivity index (χ2v) is 8.54. The van der Waals surface area contributed by atoms with E-state index >= 15 is 0 Å². The Morgan fingerprint density at radius 3 is 2.85 bits per heavy atom. The Morgan fingerprint density at radius 1 is 1.18 bits per heavy atom. The Balaban J connectivity index is 1.37. The summed E-state index contributed by atoms with van der Waals surface area (Å²) in [6.45, 7) is 0. The Morgan fingerprint density at radius 2 is 2.00 bits per heavy atom.